The molecule has 286 valence electrons. The lowest BCUT2D eigenvalue weighted by Crippen LogP contribution is -2.42. The van der Waals surface area contributed by atoms with Crippen LogP contribution in [-0.2, 0) is 4.79 Å². The van der Waals surface area contributed by atoms with E-state index in [0.29, 0.717) is 18.8 Å². The minimum atomic E-state index is -4.41. The molecule has 3 aliphatic rings. The van der Waals surface area contributed by atoms with Crippen molar-refractivity contribution in [1.82, 2.24) is 26.2 Å². The van der Waals surface area contributed by atoms with E-state index in [4.69, 9.17) is 0 Å². The number of alkyl halides is 3. The number of hydrogen-bond acceptors (Lipinski definition) is 7. The first kappa shape index (κ1) is 47.0. The molecule has 51 heavy (non-hydrogen) atoms. The van der Waals surface area contributed by atoms with Crippen molar-refractivity contribution in [1.29, 1.82) is 0 Å². The van der Waals surface area contributed by atoms with Gasteiger partial charge in [-0.3, -0.25) is 9.79 Å². The van der Waals surface area contributed by atoms with Crippen molar-refractivity contribution in [3.8, 4) is 0 Å². The van der Waals surface area contributed by atoms with Crippen molar-refractivity contribution < 1.29 is 18.0 Å². The van der Waals surface area contributed by atoms with Crippen molar-refractivity contribution in [3.05, 3.63) is 94.8 Å². The van der Waals surface area contributed by atoms with Gasteiger partial charge >= 0.3 is 6.18 Å². The Bertz CT molecular complexity index is 1310. The number of carbonyl (C=O) groups is 1. The summed E-state index contributed by atoms with van der Waals surface area (Å²) in [5.74, 6) is 0.739. The first-order valence-corrected chi connectivity index (χ1v) is 18.4. The molecule has 0 radical (unpaired) electrons. The maximum absolute atomic E-state index is 13.1. The highest BCUT2D eigenvalue weighted by Crippen LogP contribution is 2.32. The first-order chi connectivity index (χ1) is 24.6. The third-order valence-corrected chi connectivity index (χ3v) is 7.42. The van der Waals surface area contributed by atoms with Crippen molar-refractivity contribution in [2.45, 2.75) is 93.7 Å². The minimum Gasteiger partial charge on any atom is -0.384 e. The number of hydrogen-bond donors (Lipinski definition) is 4. The lowest BCUT2D eigenvalue weighted by atomic mass is 10.1. The van der Waals surface area contributed by atoms with Crippen molar-refractivity contribution in [3.63, 3.8) is 0 Å². The third-order valence-electron chi connectivity index (χ3n) is 7.42. The highest BCUT2D eigenvalue weighted by Gasteiger charge is 2.35. The molecule has 1 saturated heterocycles. The number of rotatable bonds is 13. The molecule has 0 aromatic heterocycles. The second-order valence-corrected chi connectivity index (χ2v) is 11.0. The number of allylic oxidation sites excluding steroid dienone is 12. The maximum atomic E-state index is 13.1. The largest absolute Gasteiger partial charge is 0.414 e. The molecule has 0 atom stereocenters. The quantitative estimate of drug-likeness (QED) is 0.0873. The molecule has 2 heterocycles. The van der Waals surface area contributed by atoms with Crippen LogP contribution in [0.3, 0.4) is 0 Å². The Hall–Kier alpha value is -3.96. The number of piperazine rings is 1. The Morgan fingerprint density at radius 2 is 1.80 bits per heavy atom. The number of amides is 1. The van der Waals surface area contributed by atoms with Crippen molar-refractivity contribution in [2.24, 2.45) is 9.98 Å². The van der Waals surface area contributed by atoms with E-state index in [2.05, 4.69) is 74.0 Å². The smallest absolute Gasteiger partial charge is 0.384 e. The van der Waals surface area contributed by atoms with Crippen molar-refractivity contribution in [2.75, 3.05) is 45.8 Å². The summed E-state index contributed by atoms with van der Waals surface area (Å²) in [6, 6.07) is 0. The average Bonchev–Trinajstić information content (AvgIpc) is 3.50. The fourth-order valence-corrected chi connectivity index (χ4v) is 4.81. The van der Waals surface area contributed by atoms with E-state index in [1.165, 1.54) is 30.7 Å². The molecule has 0 spiro atoms. The van der Waals surface area contributed by atoms with Crippen LogP contribution in [0.25, 0.3) is 0 Å². The Morgan fingerprint density at radius 3 is 2.39 bits per heavy atom. The zero-order chi connectivity index (χ0) is 38.5. The van der Waals surface area contributed by atoms with Gasteiger partial charge in [0.2, 0.25) is 5.91 Å². The summed E-state index contributed by atoms with van der Waals surface area (Å²) in [7, 11) is 0. The zero-order valence-electron chi connectivity index (χ0n) is 32.3. The van der Waals surface area contributed by atoms with Crippen molar-refractivity contribution >= 4 is 18.3 Å². The average molecular weight is 716 g/mol. The lowest BCUT2D eigenvalue weighted by Gasteiger charge is -2.29. The first-order valence-electron chi connectivity index (χ1n) is 18.4. The molecule has 1 fully saturated rings. The fraction of sp³-hybridized carbons (Fsp3) is 0.525. The molecule has 11 heteroatoms. The molecule has 4 N–H and O–H groups in total. The Kier molecular flexibility index (Phi) is 26.5. The predicted octanol–water partition coefficient (Wildman–Crippen LogP) is 8.45. The van der Waals surface area contributed by atoms with Crippen LogP contribution in [0, 0.1) is 0 Å². The molecule has 2 aliphatic heterocycles. The van der Waals surface area contributed by atoms with Crippen LogP contribution in [0.15, 0.2) is 105 Å². The summed E-state index contributed by atoms with van der Waals surface area (Å²) in [5, 5.41) is 11.7. The van der Waals surface area contributed by atoms with E-state index < -0.39 is 11.7 Å². The number of nitrogens with one attached hydrogen (secondary N) is 4. The van der Waals surface area contributed by atoms with Gasteiger partial charge < -0.3 is 26.2 Å². The summed E-state index contributed by atoms with van der Waals surface area (Å²) in [6.45, 7) is 25.2. The second kappa shape index (κ2) is 28.7. The van der Waals surface area contributed by atoms with Gasteiger partial charge in [-0.2, -0.15) is 13.2 Å². The van der Waals surface area contributed by atoms with Crippen LogP contribution in [0.2, 0.25) is 0 Å². The zero-order valence-corrected chi connectivity index (χ0v) is 32.3. The van der Waals surface area contributed by atoms with Crippen LogP contribution in [0.1, 0.15) is 87.5 Å². The standard InChI is InChI=1S/C22H32N4.C14H20F3N3O.2C2H6/c1-4-19(10-11-21-9-7-8-20(5-2)18-25-21)12-13-24-22(6-3)26-16-14-23-15-17-26;1-3-18-8-9-19-13-7-5-11(20-10(2)21)4-6-12(13)14(15,16)17;2*1-2/h4,6,8,10-11,13,18,23H,1,5,7,9,12,14-17H2,2-3H3;4-5,7,18-19H,3,6,8-9H2,1-2H3,(H,20,21);2*1-2H3/b19-10+,21-11+,22-6+,24-13-;;;. The number of aliphatic imine (C=N–C) groups is 2. The molecule has 0 bridgehead atoms. The minimum absolute atomic E-state index is 0.0389. The highest BCUT2D eigenvalue weighted by atomic mass is 19.4. The Labute approximate surface area is 306 Å². The molecule has 1 aliphatic carbocycles. The van der Waals surface area contributed by atoms with E-state index in [9.17, 15) is 18.0 Å². The van der Waals surface area contributed by atoms with E-state index in [1.54, 1.807) is 0 Å². The van der Waals surface area contributed by atoms with Gasteiger partial charge in [-0.1, -0.05) is 72.4 Å². The monoisotopic (exact) mass is 716 g/mol. The fourth-order valence-electron chi connectivity index (χ4n) is 4.81. The van der Waals surface area contributed by atoms with Gasteiger partial charge in [0.05, 0.1) is 5.57 Å². The number of likely N-dealkylation sites (N-methyl/N-ethyl adjacent to an activating group) is 1. The van der Waals surface area contributed by atoms with Crippen LogP contribution in [0.5, 0.6) is 0 Å². The number of carbonyl (C=O) groups excluding carboxylic acids is 1. The molecule has 3 rings (SSSR count). The molecular formula is C40H64F3N7O. The van der Waals surface area contributed by atoms with Gasteiger partial charge in [0, 0.05) is 82.1 Å². The Balaban J connectivity index is 0.000000910. The summed E-state index contributed by atoms with van der Waals surface area (Å²) in [4.78, 5) is 22.6. The maximum Gasteiger partial charge on any atom is 0.414 e. The van der Waals surface area contributed by atoms with Gasteiger partial charge in [0.1, 0.15) is 5.82 Å². The number of nitrogens with zero attached hydrogens (tertiary/aromatic N) is 3. The molecule has 0 aromatic carbocycles. The van der Waals surface area contributed by atoms with E-state index in [0.717, 1.165) is 75.5 Å². The third kappa shape index (κ3) is 20.5. The van der Waals surface area contributed by atoms with Gasteiger partial charge in [-0.05, 0) is 74.6 Å². The van der Waals surface area contributed by atoms with Gasteiger partial charge in [-0.25, -0.2) is 4.99 Å². The van der Waals surface area contributed by atoms with Crippen LogP contribution in [-0.4, -0.2) is 75.2 Å². The van der Waals surface area contributed by atoms with Crippen LogP contribution >= 0.6 is 0 Å². The summed E-state index contributed by atoms with van der Waals surface area (Å²) in [5.41, 5.74) is 3.36. The second-order valence-electron chi connectivity index (χ2n) is 11.0. The molecule has 8 nitrogen and oxygen atoms in total. The summed E-state index contributed by atoms with van der Waals surface area (Å²) >= 11 is 0. The van der Waals surface area contributed by atoms with E-state index in [-0.39, 0.29) is 18.0 Å². The van der Waals surface area contributed by atoms with Gasteiger partial charge in [-0.15, -0.1) is 0 Å². The SMILES string of the molecule is C=C/C(=C\C=C1/CCC=C(CC)C=N1)C/C=N\C(=C/C)N1CCNCC1.CC.CC.CCNCCNC1=C(C(F)(F)F)CC=C(NC(C)=O)C=C1. The highest BCUT2D eigenvalue weighted by molar-refractivity contribution is 5.79. The van der Waals surface area contributed by atoms with Gasteiger partial charge in [0.15, 0.2) is 0 Å². The summed E-state index contributed by atoms with van der Waals surface area (Å²) in [6.07, 6.45) is 17.8. The molecule has 0 unspecified atom stereocenters. The van der Waals surface area contributed by atoms with E-state index in [1.807, 2.05) is 60.0 Å². The lowest BCUT2D eigenvalue weighted by molar-refractivity contribution is -0.118. The van der Waals surface area contributed by atoms with Crippen LogP contribution in [0.4, 0.5) is 13.2 Å². The normalized spacial score (nSPS) is 17.5. The Morgan fingerprint density at radius 1 is 1.10 bits per heavy atom. The predicted molar refractivity (Wildman–Crippen MR) is 212 cm³/mol. The summed E-state index contributed by atoms with van der Waals surface area (Å²) < 4.78 is 39.2. The molecular weight excluding hydrogens is 651 g/mol. The number of halogens is 3. The van der Waals surface area contributed by atoms with Crippen LogP contribution < -0.4 is 21.3 Å². The molecule has 1 amide bonds. The molecule has 0 aromatic rings. The topological polar surface area (TPSA) is 93.2 Å². The molecule has 0 saturated carbocycles. The van der Waals surface area contributed by atoms with E-state index >= 15 is 0 Å². The van der Waals surface area contributed by atoms with Gasteiger partial charge in [0.25, 0.3) is 0 Å².